The van der Waals surface area contributed by atoms with Gasteiger partial charge in [0.15, 0.2) is 0 Å². The molecular weight excluding hydrogens is 420 g/mol. The SMILES string of the molecule is NC(=O)/C(=C\c1ccc(Oc2ccccc2Br)cc1)NC(=O)c1ccccc1. The average Bonchev–Trinajstić information content (AvgIpc) is 2.71. The van der Waals surface area contributed by atoms with E-state index in [9.17, 15) is 9.59 Å². The number of ether oxygens (including phenoxy) is 1. The van der Waals surface area contributed by atoms with Crippen molar-refractivity contribution in [1.82, 2.24) is 5.32 Å². The van der Waals surface area contributed by atoms with Crippen LogP contribution in [0.25, 0.3) is 6.08 Å². The molecule has 0 aromatic heterocycles. The van der Waals surface area contributed by atoms with Crippen molar-refractivity contribution in [3.05, 3.63) is 100 Å². The Morgan fingerprint density at radius 2 is 1.54 bits per heavy atom. The van der Waals surface area contributed by atoms with Crippen LogP contribution in [0.4, 0.5) is 0 Å². The first-order valence-electron chi connectivity index (χ1n) is 8.43. The Hall–Kier alpha value is -3.38. The van der Waals surface area contributed by atoms with E-state index in [0.29, 0.717) is 22.6 Å². The third kappa shape index (κ3) is 5.08. The fourth-order valence-electron chi connectivity index (χ4n) is 2.41. The van der Waals surface area contributed by atoms with Crippen molar-refractivity contribution in [1.29, 1.82) is 0 Å². The molecular formula is C22H17BrN2O3. The van der Waals surface area contributed by atoms with Crippen LogP contribution in [-0.2, 0) is 4.79 Å². The molecule has 5 nitrogen and oxygen atoms in total. The van der Waals surface area contributed by atoms with Crippen molar-refractivity contribution in [2.75, 3.05) is 0 Å². The van der Waals surface area contributed by atoms with Gasteiger partial charge in [-0.05, 0) is 64.0 Å². The molecule has 0 aliphatic carbocycles. The van der Waals surface area contributed by atoms with Gasteiger partial charge >= 0.3 is 0 Å². The van der Waals surface area contributed by atoms with E-state index in [1.165, 1.54) is 6.08 Å². The molecule has 3 rings (SSSR count). The van der Waals surface area contributed by atoms with Gasteiger partial charge in [0.05, 0.1) is 4.47 Å². The molecule has 0 fully saturated rings. The lowest BCUT2D eigenvalue weighted by molar-refractivity contribution is -0.114. The lowest BCUT2D eigenvalue weighted by Gasteiger charge is -2.09. The molecule has 3 aromatic rings. The summed E-state index contributed by atoms with van der Waals surface area (Å²) >= 11 is 3.43. The Morgan fingerprint density at radius 1 is 0.893 bits per heavy atom. The maximum atomic E-state index is 12.3. The number of carbonyl (C=O) groups excluding carboxylic acids is 2. The minimum atomic E-state index is -0.724. The van der Waals surface area contributed by atoms with Gasteiger partial charge in [-0.1, -0.05) is 42.5 Å². The fourth-order valence-corrected chi connectivity index (χ4v) is 2.77. The monoisotopic (exact) mass is 436 g/mol. The summed E-state index contributed by atoms with van der Waals surface area (Å²) in [5.74, 6) is 0.203. The number of rotatable bonds is 6. The first-order valence-corrected chi connectivity index (χ1v) is 9.22. The summed E-state index contributed by atoms with van der Waals surface area (Å²) in [6.07, 6.45) is 1.52. The van der Waals surface area contributed by atoms with Gasteiger partial charge in [-0.25, -0.2) is 0 Å². The second-order valence-corrected chi connectivity index (χ2v) is 6.70. The molecule has 0 saturated heterocycles. The molecule has 0 atom stereocenters. The van der Waals surface area contributed by atoms with Crippen LogP contribution in [0.3, 0.4) is 0 Å². The summed E-state index contributed by atoms with van der Waals surface area (Å²) in [6, 6.07) is 23.2. The van der Waals surface area contributed by atoms with Crippen molar-refractivity contribution in [2.24, 2.45) is 5.73 Å². The van der Waals surface area contributed by atoms with E-state index in [2.05, 4.69) is 21.2 Å². The van der Waals surface area contributed by atoms with Gasteiger partial charge in [0.2, 0.25) is 0 Å². The molecule has 0 bridgehead atoms. The van der Waals surface area contributed by atoms with Crippen LogP contribution in [0.15, 0.2) is 89.0 Å². The van der Waals surface area contributed by atoms with Crippen LogP contribution in [-0.4, -0.2) is 11.8 Å². The summed E-state index contributed by atoms with van der Waals surface area (Å²) in [4.78, 5) is 24.0. The number of nitrogens with one attached hydrogen (secondary N) is 1. The van der Waals surface area contributed by atoms with Crippen LogP contribution in [0.2, 0.25) is 0 Å². The highest BCUT2D eigenvalue weighted by molar-refractivity contribution is 9.10. The molecule has 3 N–H and O–H groups in total. The summed E-state index contributed by atoms with van der Waals surface area (Å²) < 4.78 is 6.66. The Kier molecular flexibility index (Phi) is 6.24. The predicted octanol–water partition coefficient (Wildman–Crippen LogP) is 4.50. The quantitative estimate of drug-likeness (QED) is 0.558. The molecule has 0 unspecified atom stereocenters. The minimum Gasteiger partial charge on any atom is -0.456 e. The second kappa shape index (κ2) is 9.01. The number of hydrogen-bond donors (Lipinski definition) is 2. The van der Waals surface area contributed by atoms with Crippen molar-refractivity contribution in [2.45, 2.75) is 0 Å². The summed E-state index contributed by atoms with van der Waals surface area (Å²) in [5.41, 5.74) is 6.55. The Balaban J connectivity index is 1.75. The molecule has 2 amide bonds. The van der Waals surface area contributed by atoms with Crippen LogP contribution in [0.1, 0.15) is 15.9 Å². The van der Waals surface area contributed by atoms with Crippen molar-refractivity contribution < 1.29 is 14.3 Å². The first-order chi connectivity index (χ1) is 13.5. The lowest BCUT2D eigenvalue weighted by Crippen LogP contribution is -2.31. The zero-order chi connectivity index (χ0) is 19.9. The predicted molar refractivity (Wildman–Crippen MR) is 112 cm³/mol. The van der Waals surface area contributed by atoms with Gasteiger partial charge in [0.1, 0.15) is 17.2 Å². The van der Waals surface area contributed by atoms with Crippen LogP contribution >= 0.6 is 15.9 Å². The third-order valence-electron chi connectivity index (χ3n) is 3.81. The zero-order valence-electron chi connectivity index (χ0n) is 14.8. The fraction of sp³-hybridized carbons (Fsp3) is 0. The smallest absolute Gasteiger partial charge is 0.265 e. The number of amides is 2. The Morgan fingerprint density at radius 3 is 2.18 bits per heavy atom. The third-order valence-corrected chi connectivity index (χ3v) is 4.46. The highest BCUT2D eigenvalue weighted by Crippen LogP contribution is 2.29. The van der Waals surface area contributed by atoms with Gasteiger partial charge in [0.25, 0.3) is 11.8 Å². The van der Waals surface area contributed by atoms with E-state index in [1.54, 1.807) is 54.6 Å². The number of para-hydroxylation sites is 1. The second-order valence-electron chi connectivity index (χ2n) is 5.84. The summed E-state index contributed by atoms with van der Waals surface area (Å²) in [7, 11) is 0. The average molecular weight is 437 g/mol. The van der Waals surface area contributed by atoms with Gasteiger partial charge in [-0.3, -0.25) is 9.59 Å². The first kappa shape index (κ1) is 19.4. The molecule has 0 aliphatic rings. The van der Waals surface area contributed by atoms with E-state index in [1.807, 2.05) is 24.3 Å². The minimum absolute atomic E-state index is 0.00771. The van der Waals surface area contributed by atoms with Crippen molar-refractivity contribution in [3.63, 3.8) is 0 Å². The lowest BCUT2D eigenvalue weighted by atomic mass is 10.1. The van der Waals surface area contributed by atoms with Crippen molar-refractivity contribution >= 4 is 33.8 Å². The molecule has 0 radical (unpaired) electrons. The number of benzene rings is 3. The van der Waals surface area contributed by atoms with E-state index in [-0.39, 0.29) is 5.70 Å². The highest BCUT2D eigenvalue weighted by atomic mass is 79.9. The van der Waals surface area contributed by atoms with Crippen LogP contribution < -0.4 is 15.8 Å². The topological polar surface area (TPSA) is 81.4 Å². The molecule has 0 spiro atoms. The number of halogens is 1. The van der Waals surface area contributed by atoms with Gasteiger partial charge in [0, 0.05) is 5.56 Å². The standard InChI is InChI=1S/C22H17BrN2O3/c23-18-8-4-5-9-20(18)28-17-12-10-15(11-13-17)14-19(21(24)26)25-22(27)16-6-2-1-3-7-16/h1-14H,(H2,24,26)(H,25,27)/b19-14+. The number of primary amides is 1. The molecule has 0 saturated carbocycles. The highest BCUT2D eigenvalue weighted by Gasteiger charge is 2.11. The number of hydrogen-bond acceptors (Lipinski definition) is 3. The van der Waals surface area contributed by atoms with E-state index in [4.69, 9.17) is 10.5 Å². The summed E-state index contributed by atoms with van der Waals surface area (Å²) in [5, 5.41) is 2.55. The molecule has 3 aromatic carbocycles. The molecule has 140 valence electrons. The molecule has 0 heterocycles. The Bertz CT molecular complexity index is 1020. The van der Waals surface area contributed by atoms with E-state index >= 15 is 0 Å². The number of nitrogens with two attached hydrogens (primary N) is 1. The van der Waals surface area contributed by atoms with E-state index < -0.39 is 11.8 Å². The van der Waals surface area contributed by atoms with Gasteiger partial charge in [-0.2, -0.15) is 0 Å². The molecule has 6 heteroatoms. The Labute approximate surface area is 171 Å². The van der Waals surface area contributed by atoms with E-state index in [0.717, 1.165) is 4.47 Å². The van der Waals surface area contributed by atoms with Crippen LogP contribution in [0.5, 0.6) is 11.5 Å². The largest absolute Gasteiger partial charge is 0.456 e. The van der Waals surface area contributed by atoms with Crippen LogP contribution in [0, 0.1) is 0 Å². The van der Waals surface area contributed by atoms with Gasteiger partial charge < -0.3 is 15.8 Å². The van der Waals surface area contributed by atoms with Gasteiger partial charge in [-0.15, -0.1) is 0 Å². The molecule has 0 aliphatic heterocycles. The van der Waals surface area contributed by atoms with Crippen molar-refractivity contribution in [3.8, 4) is 11.5 Å². The summed E-state index contributed by atoms with van der Waals surface area (Å²) in [6.45, 7) is 0. The maximum Gasteiger partial charge on any atom is 0.265 e. The number of carbonyl (C=O) groups is 2. The maximum absolute atomic E-state index is 12.3. The zero-order valence-corrected chi connectivity index (χ0v) is 16.3. The normalized spacial score (nSPS) is 11.0. The molecule has 28 heavy (non-hydrogen) atoms.